The second-order valence-corrected chi connectivity index (χ2v) is 8.78. The molecular formula is C28H30N2O4. The molecule has 0 bridgehead atoms. The molecule has 1 heterocycles. The van der Waals surface area contributed by atoms with Crippen LogP contribution in [0.3, 0.4) is 0 Å². The van der Waals surface area contributed by atoms with Crippen LogP contribution in [0.15, 0.2) is 72.8 Å². The zero-order chi connectivity index (χ0) is 23.9. The van der Waals surface area contributed by atoms with Crippen LogP contribution in [0, 0.1) is 5.92 Å². The lowest BCUT2D eigenvalue weighted by Crippen LogP contribution is -2.31. The predicted molar refractivity (Wildman–Crippen MR) is 132 cm³/mol. The second kappa shape index (κ2) is 11.0. The van der Waals surface area contributed by atoms with Crippen LogP contribution in [0.1, 0.15) is 51.8 Å². The van der Waals surface area contributed by atoms with Crippen LogP contribution in [-0.2, 0) is 11.2 Å². The third-order valence-electron chi connectivity index (χ3n) is 5.65. The third kappa shape index (κ3) is 6.02. The summed E-state index contributed by atoms with van der Waals surface area (Å²) < 4.78 is 11.5. The topological polar surface area (TPSA) is 76.7 Å². The normalized spacial score (nSPS) is 14.9. The molecule has 3 aromatic carbocycles. The number of benzene rings is 3. The highest BCUT2D eigenvalue weighted by Crippen LogP contribution is 2.26. The van der Waals surface area contributed by atoms with Gasteiger partial charge in [-0.25, -0.2) is 0 Å². The molecule has 1 aliphatic heterocycles. The molecule has 6 heteroatoms. The first-order valence-corrected chi connectivity index (χ1v) is 11.6. The van der Waals surface area contributed by atoms with Crippen molar-refractivity contribution in [1.29, 1.82) is 0 Å². The fourth-order valence-electron chi connectivity index (χ4n) is 3.81. The maximum atomic E-state index is 12.6. The summed E-state index contributed by atoms with van der Waals surface area (Å²) >= 11 is 0. The summed E-state index contributed by atoms with van der Waals surface area (Å²) in [6.07, 6.45) is 0.749. The van der Waals surface area contributed by atoms with Crippen LogP contribution in [0.5, 0.6) is 5.75 Å². The molecule has 1 unspecified atom stereocenters. The number of amides is 2. The highest BCUT2D eigenvalue weighted by Gasteiger charge is 2.21. The summed E-state index contributed by atoms with van der Waals surface area (Å²) in [5, 5.41) is 5.81. The van der Waals surface area contributed by atoms with E-state index in [0.717, 1.165) is 17.7 Å². The van der Waals surface area contributed by atoms with Gasteiger partial charge in [-0.05, 0) is 72.0 Å². The number of hydrogen-bond acceptors (Lipinski definition) is 4. The molecule has 0 aliphatic carbocycles. The summed E-state index contributed by atoms with van der Waals surface area (Å²) in [7, 11) is 0. The van der Waals surface area contributed by atoms with Gasteiger partial charge >= 0.3 is 0 Å². The third-order valence-corrected chi connectivity index (χ3v) is 5.65. The smallest absolute Gasteiger partial charge is 0.255 e. The number of nitrogens with one attached hydrogen (secondary N) is 2. The Morgan fingerprint density at radius 2 is 1.62 bits per heavy atom. The van der Waals surface area contributed by atoms with Gasteiger partial charge in [0.2, 0.25) is 0 Å². The average Bonchev–Trinajstić information content (AvgIpc) is 2.86. The second-order valence-electron chi connectivity index (χ2n) is 8.78. The summed E-state index contributed by atoms with van der Waals surface area (Å²) in [6.45, 7) is 5.86. The van der Waals surface area contributed by atoms with Crippen molar-refractivity contribution >= 4 is 17.5 Å². The minimum Gasteiger partial charge on any atom is -0.493 e. The molecule has 0 saturated carbocycles. The molecule has 0 saturated heterocycles. The van der Waals surface area contributed by atoms with Crippen molar-refractivity contribution in [3.63, 3.8) is 0 Å². The van der Waals surface area contributed by atoms with Crippen molar-refractivity contribution in [1.82, 2.24) is 5.32 Å². The fourth-order valence-corrected chi connectivity index (χ4v) is 3.81. The first-order chi connectivity index (χ1) is 16.5. The van der Waals surface area contributed by atoms with Crippen molar-refractivity contribution in [3.05, 3.63) is 95.1 Å². The Morgan fingerprint density at radius 3 is 2.35 bits per heavy atom. The molecule has 0 fully saturated rings. The van der Waals surface area contributed by atoms with Gasteiger partial charge in [0.1, 0.15) is 11.9 Å². The van der Waals surface area contributed by atoms with E-state index in [4.69, 9.17) is 9.47 Å². The van der Waals surface area contributed by atoms with Crippen LogP contribution in [0.25, 0.3) is 0 Å². The lowest BCUT2D eigenvalue weighted by Gasteiger charge is -2.26. The van der Waals surface area contributed by atoms with E-state index < -0.39 is 0 Å². The quantitative estimate of drug-likeness (QED) is 0.497. The van der Waals surface area contributed by atoms with Crippen LogP contribution in [-0.4, -0.2) is 31.6 Å². The minimum atomic E-state index is -0.222. The highest BCUT2D eigenvalue weighted by molar-refractivity contribution is 6.04. The number of fused-ring (bicyclic) bond motifs is 1. The van der Waals surface area contributed by atoms with Gasteiger partial charge < -0.3 is 20.1 Å². The minimum absolute atomic E-state index is 0.144. The van der Waals surface area contributed by atoms with E-state index >= 15 is 0 Å². The number of rotatable bonds is 8. The van der Waals surface area contributed by atoms with Crippen LogP contribution >= 0.6 is 0 Å². The largest absolute Gasteiger partial charge is 0.493 e. The van der Waals surface area contributed by atoms with Crippen molar-refractivity contribution < 1.29 is 19.1 Å². The summed E-state index contributed by atoms with van der Waals surface area (Å²) in [4.78, 5) is 25.2. The number of carbonyl (C=O) groups is 2. The van der Waals surface area contributed by atoms with E-state index in [1.165, 1.54) is 5.56 Å². The van der Waals surface area contributed by atoms with E-state index in [0.29, 0.717) is 42.5 Å². The molecule has 4 rings (SSSR count). The van der Waals surface area contributed by atoms with E-state index in [9.17, 15) is 9.59 Å². The van der Waals surface area contributed by atoms with E-state index in [2.05, 4.69) is 36.6 Å². The first kappa shape index (κ1) is 23.5. The van der Waals surface area contributed by atoms with Gasteiger partial charge in [-0.3, -0.25) is 9.59 Å². The Hall–Kier alpha value is -3.64. The Bertz CT molecular complexity index is 1120. The van der Waals surface area contributed by atoms with E-state index in [-0.39, 0.29) is 17.9 Å². The van der Waals surface area contributed by atoms with Crippen LogP contribution in [0.4, 0.5) is 5.69 Å². The molecule has 6 nitrogen and oxygen atoms in total. The molecule has 1 atom stereocenters. The first-order valence-electron chi connectivity index (χ1n) is 11.6. The maximum Gasteiger partial charge on any atom is 0.255 e. The van der Waals surface area contributed by atoms with Gasteiger partial charge in [0.25, 0.3) is 11.8 Å². The molecule has 3 aromatic rings. The molecule has 1 aliphatic rings. The Labute approximate surface area is 200 Å². The molecular weight excluding hydrogens is 428 g/mol. The number of hydrogen-bond donors (Lipinski definition) is 2. The summed E-state index contributed by atoms with van der Waals surface area (Å²) in [5.41, 5.74) is 4.07. The van der Waals surface area contributed by atoms with Gasteiger partial charge in [0.15, 0.2) is 0 Å². The molecule has 0 spiro atoms. The summed E-state index contributed by atoms with van der Waals surface area (Å²) in [5.74, 6) is 0.773. The lowest BCUT2D eigenvalue weighted by molar-refractivity contribution is 0.0411. The number of carbonyl (C=O) groups excluding carboxylic acids is 2. The van der Waals surface area contributed by atoms with Crippen LogP contribution in [0.2, 0.25) is 0 Å². The standard InChI is InChI=1S/C28H30N2O4/c1-19(2)18-34-24-13-9-22(10-14-24)28(32)30-23-11-7-21(8-12-23)27(31)29-17-26-25-6-4-3-5-20(25)15-16-33-26/h3-14,19,26H,15-18H2,1-2H3,(H,29,31)(H,30,32). The van der Waals surface area contributed by atoms with Gasteiger partial charge in [0.05, 0.1) is 13.2 Å². The van der Waals surface area contributed by atoms with Gasteiger partial charge in [0, 0.05) is 23.4 Å². The van der Waals surface area contributed by atoms with Gasteiger partial charge in [-0.1, -0.05) is 38.1 Å². The van der Waals surface area contributed by atoms with Crippen molar-refractivity contribution in [2.24, 2.45) is 5.92 Å². The average molecular weight is 459 g/mol. The van der Waals surface area contributed by atoms with Crippen molar-refractivity contribution in [2.45, 2.75) is 26.4 Å². The van der Waals surface area contributed by atoms with Crippen molar-refractivity contribution in [3.8, 4) is 5.75 Å². The summed E-state index contributed by atoms with van der Waals surface area (Å²) in [6, 6.07) is 22.1. The Morgan fingerprint density at radius 1 is 0.941 bits per heavy atom. The fraction of sp³-hybridized carbons (Fsp3) is 0.286. The Kier molecular flexibility index (Phi) is 7.60. The van der Waals surface area contributed by atoms with Crippen molar-refractivity contribution in [2.75, 3.05) is 25.1 Å². The lowest BCUT2D eigenvalue weighted by atomic mass is 9.97. The SMILES string of the molecule is CC(C)COc1ccc(C(=O)Nc2ccc(C(=O)NCC3OCCc4ccccc43)cc2)cc1. The molecule has 2 amide bonds. The molecule has 34 heavy (non-hydrogen) atoms. The molecule has 176 valence electrons. The highest BCUT2D eigenvalue weighted by atomic mass is 16.5. The van der Waals surface area contributed by atoms with E-state index in [1.54, 1.807) is 48.5 Å². The number of anilines is 1. The molecule has 0 aromatic heterocycles. The molecule has 2 N–H and O–H groups in total. The van der Waals surface area contributed by atoms with Crippen LogP contribution < -0.4 is 15.4 Å². The monoisotopic (exact) mass is 458 g/mol. The van der Waals surface area contributed by atoms with E-state index in [1.807, 2.05) is 12.1 Å². The zero-order valence-electron chi connectivity index (χ0n) is 19.5. The molecule has 0 radical (unpaired) electrons. The predicted octanol–water partition coefficient (Wildman–Crippen LogP) is 5.02. The van der Waals surface area contributed by atoms with Gasteiger partial charge in [-0.15, -0.1) is 0 Å². The maximum absolute atomic E-state index is 12.6. The van der Waals surface area contributed by atoms with Gasteiger partial charge in [-0.2, -0.15) is 0 Å². The Balaban J connectivity index is 1.30. The number of ether oxygens (including phenoxy) is 2. The zero-order valence-corrected chi connectivity index (χ0v) is 19.5.